The third kappa shape index (κ3) is 4.47. The second-order valence-electron chi connectivity index (χ2n) is 9.28. The molecular formula is C28H25FN4OS2. The molecule has 0 saturated carbocycles. The topological polar surface area (TPSA) is 58.1 Å². The Kier molecular flexibility index (Phi) is 6.15. The molecule has 6 rings (SSSR count). The van der Waals surface area contributed by atoms with Crippen LogP contribution in [-0.2, 0) is 11.3 Å². The van der Waals surface area contributed by atoms with Gasteiger partial charge in [0, 0.05) is 29.2 Å². The average molecular weight is 517 g/mol. The smallest absolute Gasteiger partial charge is 0.225 e. The van der Waals surface area contributed by atoms with E-state index in [1.807, 2.05) is 12.1 Å². The van der Waals surface area contributed by atoms with Gasteiger partial charge in [-0.15, -0.1) is 22.7 Å². The maximum atomic E-state index is 14.2. The summed E-state index contributed by atoms with van der Waals surface area (Å²) in [5, 5.41) is 6.44. The van der Waals surface area contributed by atoms with Crippen LogP contribution in [0.3, 0.4) is 0 Å². The molecule has 1 saturated heterocycles. The lowest BCUT2D eigenvalue weighted by Crippen LogP contribution is -2.43. The summed E-state index contributed by atoms with van der Waals surface area (Å²) in [6.45, 7) is 3.75. The van der Waals surface area contributed by atoms with Crippen LogP contribution in [0.25, 0.3) is 30.7 Å². The standard InChI is InChI=1S/C28H25FN4OS2/c1-17-4-6-19(12-22(17)29)25-13-23-26(36-25)27(32-16-31-23)33-9-2-3-21(15-33)28(34)30-14-18-5-7-24-20(11-18)8-10-35-24/h4-8,10-13,16,21H,2-3,9,14-15H2,1H3,(H,30,34)/t21-/m0/s1. The van der Waals surface area contributed by atoms with Gasteiger partial charge in [0.2, 0.25) is 5.91 Å². The van der Waals surface area contributed by atoms with Crippen LogP contribution in [0, 0.1) is 18.7 Å². The van der Waals surface area contributed by atoms with Crippen LogP contribution in [0.5, 0.6) is 0 Å². The number of nitrogens with zero attached hydrogens (tertiary/aromatic N) is 3. The summed E-state index contributed by atoms with van der Waals surface area (Å²) < 4.78 is 16.4. The zero-order chi connectivity index (χ0) is 24.6. The van der Waals surface area contributed by atoms with E-state index in [1.165, 1.54) is 10.1 Å². The lowest BCUT2D eigenvalue weighted by Gasteiger charge is -2.33. The van der Waals surface area contributed by atoms with Crippen LogP contribution in [0.4, 0.5) is 10.2 Å². The van der Waals surface area contributed by atoms with Crippen molar-refractivity contribution in [1.82, 2.24) is 15.3 Å². The number of aryl methyl sites for hydroxylation is 1. The van der Waals surface area contributed by atoms with Crippen LogP contribution in [0.2, 0.25) is 0 Å². The molecule has 0 bridgehead atoms. The summed E-state index contributed by atoms with van der Waals surface area (Å²) in [4.78, 5) is 25.3. The number of amides is 1. The van der Waals surface area contributed by atoms with Crippen molar-refractivity contribution in [3.05, 3.63) is 77.2 Å². The van der Waals surface area contributed by atoms with E-state index in [-0.39, 0.29) is 17.6 Å². The molecule has 0 unspecified atom stereocenters. The number of rotatable bonds is 5. The van der Waals surface area contributed by atoms with Crippen molar-refractivity contribution in [2.45, 2.75) is 26.3 Å². The number of nitrogens with one attached hydrogen (secondary N) is 1. The molecule has 1 N–H and O–H groups in total. The third-order valence-corrected chi connectivity index (χ3v) is 8.89. The summed E-state index contributed by atoms with van der Waals surface area (Å²) in [6.07, 6.45) is 3.36. The predicted molar refractivity (Wildman–Crippen MR) is 146 cm³/mol. The first-order valence-electron chi connectivity index (χ1n) is 12.0. The molecule has 4 heterocycles. The number of anilines is 1. The highest BCUT2D eigenvalue weighted by atomic mass is 32.1. The van der Waals surface area contributed by atoms with Crippen LogP contribution in [0.15, 0.2) is 60.2 Å². The minimum absolute atomic E-state index is 0.0809. The van der Waals surface area contributed by atoms with Crippen molar-refractivity contribution < 1.29 is 9.18 Å². The van der Waals surface area contributed by atoms with Gasteiger partial charge in [0.1, 0.15) is 18.0 Å². The molecule has 0 spiro atoms. The summed E-state index contributed by atoms with van der Waals surface area (Å²) in [6, 6.07) is 15.8. The second kappa shape index (κ2) is 9.59. The number of hydrogen-bond donors (Lipinski definition) is 1. The molecule has 3 aromatic heterocycles. The molecule has 0 radical (unpaired) electrons. The van der Waals surface area contributed by atoms with Gasteiger partial charge in [0.15, 0.2) is 0 Å². The number of carbonyl (C=O) groups is 1. The fourth-order valence-electron chi connectivity index (χ4n) is 4.80. The van der Waals surface area contributed by atoms with Crippen molar-refractivity contribution in [3.63, 3.8) is 0 Å². The quantitative estimate of drug-likeness (QED) is 0.288. The Balaban J connectivity index is 1.19. The van der Waals surface area contributed by atoms with E-state index in [0.29, 0.717) is 18.7 Å². The summed E-state index contributed by atoms with van der Waals surface area (Å²) in [5.74, 6) is 0.623. The summed E-state index contributed by atoms with van der Waals surface area (Å²) >= 11 is 3.30. The van der Waals surface area contributed by atoms with Gasteiger partial charge in [-0.3, -0.25) is 4.79 Å². The molecular weight excluding hydrogens is 491 g/mol. The largest absolute Gasteiger partial charge is 0.355 e. The highest BCUT2D eigenvalue weighted by Gasteiger charge is 2.28. The number of fused-ring (bicyclic) bond motifs is 2. The van der Waals surface area contributed by atoms with Crippen molar-refractivity contribution in [1.29, 1.82) is 0 Å². The first-order chi connectivity index (χ1) is 17.5. The lowest BCUT2D eigenvalue weighted by molar-refractivity contribution is -0.125. The predicted octanol–water partition coefficient (Wildman–Crippen LogP) is 6.55. The molecule has 182 valence electrons. The summed E-state index contributed by atoms with van der Waals surface area (Å²) in [7, 11) is 0. The van der Waals surface area contributed by atoms with Gasteiger partial charge in [0.05, 0.1) is 16.1 Å². The molecule has 1 amide bonds. The highest BCUT2D eigenvalue weighted by Crippen LogP contribution is 2.38. The van der Waals surface area contributed by atoms with Crippen LogP contribution in [0.1, 0.15) is 24.0 Å². The molecule has 1 fully saturated rings. The number of halogens is 1. The highest BCUT2D eigenvalue weighted by molar-refractivity contribution is 7.22. The second-order valence-corrected chi connectivity index (χ2v) is 11.3. The maximum absolute atomic E-state index is 14.2. The van der Waals surface area contributed by atoms with Gasteiger partial charge in [-0.05, 0) is 77.6 Å². The molecule has 5 aromatic rings. The molecule has 8 heteroatoms. The van der Waals surface area contributed by atoms with E-state index in [1.54, 1.807) is 48.1 Å². The van der Waals surface area contributed by atoms with E-state index in [4.69, 9.17) is 0 Å². The number of benzene rings is 2. The van der Waals surface area contributed by atoms with Crippen LogP contribution >= 0.6 is 22.7 Å². The Morgan fingerprint density at radius 3 is 2.97 bits per heavy atom. The fraction of sp³-hybridized carbons (Fsp3) is 0.250. The van der Waals surface area contributed by atoms with E-state index >= 15 is 0 Å². The Hall–Kier alpha value is -3.36. The zero-order valence-electron chi connectivity index (χ0n) is 19.8. The number of carbonyl (C=O) groups excluding carboxylic acids is 1. The first-order valence-corrected chi connectivity index (χ1v) is 13.7. The van der Waals surface area contributed by atoms with Crippen molar-refractivity contribution in [2.24, 2.45) is 5.92 Å². The van der Waals surface area contributed by atoms with Crippen molar-refractivity contribution >= 4 is 54.7 Å². The Bertz CT molecular complexity index is 1580. The van der Waals surface area contributed by atoms with Gasteiger partial charge in [-0.25, -0.2) is 14.4 Å². The SMILES string of the molecule is Cc1ccc(-c2cc3ncnc(N4CCC[C@H](C(=O)NCc5ccc6sccc6c5)C4)c3s2)cc1F. The zero-order valence-corrected chi connectivity index (χ0v) is 21.5. The molecule has 1 aliphatic heterocycles. The van der Waals surface area contributed by atoms with Crippen LogP contribution < -0.4 is 10.2 Å². The Morgan fingerprint density at radius 2 is 2.08 bits per heavy atom. The van der Waals surface area contributed by atoms with Gasteiger partial charge in [-0.1, -0.05) is 18.2 Å². The molecule has 1 aliphatic rings. The number of hydrogen-bond acceptors (Lipinski definition) is 6. The number of piperidine rings is 1. The maximum Gasteiger partial charge on any atom is 0.225 e. The lowest BCUT2D eigenvalue weighted by atomic mass is 9.97. The average Bonchev–Trinajstić information content (AvgIpc) is 3.55. The molecule has 2 aromatic carbocycles. The minimum Gasteiger partial charge on any atom is -0.355 e. The van der Waals surface area contributed by atoms with E-state index in [9.17, 15) is 9.18 Å². The van der Waals surface area contributed by atoms with Crippen molar-refractivity contribution in [2.75, 3.05) is 18.0 Å². The minimum atomic E-state index is -0.212. The number of aromatic nitrogens is 2. The Morgan fingerprint density at radius 1 is 1.17 bits per heavy atom. The van der Waals surface area contributed by atoms with Gasteiger partial charge < -0.3 is 10.2 Å². The first kappa shape index (κ1) is 23.1. The normalized spacial score (nSPS) is 16.1. The molecule has 36 heavy (non-hydrogen) atoms. The molecule has 1 atom stereocenters. The fourth-order valence-corrected chi connectivity index (χ4v) is 6.69. The molecule has 5 nitrogen and oxygen atoms in total. The van der Waals surface area contributed by atoms with Crippen LogP contribution in [-0.4, -0.2) is 29.0 Å². The monoisotopic (exact) mass is 516 g/mol. The summed E-state index contributed by atoms with van der Waals surface area (Å²) in [5.41, 5.74) is 3.42. The van der Waals surface area contributed by atoms with Gasteiger partial charge >= 0.3 is 0 Å². The molecule has 0 aliphatic carbocycles. The van der Waals surface area contributed by atoms with E-state index < -0.39 is 0 Å². The van der Waals surface area contributed by atoms with Gasteiger partial charge in [0.25, 0.3) is 0 Å². The number of thiophene rings is 2. The van der Waals surface area contributed by atoms with E-state index in [0.717, 1.165) is 51.4 Å². The third-order valence-electron chi connectivity index (χ3n) is 6.82. The Labute approximate surface area is 216 Å². The van der Waals surface area contributed by atoms with Gasteiger partial charge in [-0.2, -0.15) is 0 Å². The van der Waals surface area contributed by atoms with E-state index in [2.05, 4.69) is 49.8 Å². The van der Waals surface area contributed by atoms with Crippen molar-refractivity contribution in [3.8, 4) is 10.4 Å².